The number of rotatable bonds is 6. The summed E-state index contributed by atoms with van der Waals surface area (Å²) < 4.78 is 5.06. The third kappa shape index (κ3) is 6.03. The fourth-order valence-electron chi connectivity index (χ4n) is 1.78. The van der Waals surface area contributed by atoms with Crippen molar-refractivity contribution in [3.63, 3.8) is 0 Å². The number of carbonyl (C=O) groups excluding carboxylic acids is 2. The molecule has 0 fully saturated rings. The molecule has 0 aliphatic heterocycles. The maximum Gasteiger partial charge on any atom is 0.411 e. The zero-order chi connectivity index (χ0) is 16.5. The van der Waals surface area contributed by atoms with Gasteiger partial charge in [-0.1, -0.05) is 19.9 Å². The summed E-state index contributed by atoms with van der Waals surface area (Å²) in [6, 6.07) is 6.80. The van der Waals surface area contributed by atoms with Gasteiger partial charge in [0.05, 0.1) is 6.61 Å². The molecule has 3 amide bonds. The molecule has 0 spiro atoms. The zero-order valence-electron chi connectivity index (χ0n) is 13.7. The Morgan fingerprint density at radius 2 is 1.73 bits per heavy atom. The molecular weight excluding hydrogens is 282 g/mol. The summed E-state index contributed by atoms with van der Waals surface area (Å²) in [6.07, 6.45) is -0.499. The summed E-state index contributed by atoms with van der Waals surface area (Å²) in [4.78, 5) is 25.3. The van der Waals surface area contributed by atoms with Crippen LogP contribution in [0.5, 0.6) is 0 Å². The Morgan fingerprint density at radius 3 is 2.27 bits per heavy atom. The molecule has 0 saturated carbocycles. The van der Waals surface area contributed by atoms with Crippen molar-refractivity contribution in [2.45, 2.75) is 27.7 Å². The Hall–Kier alpha value is -2.24. The van der Waals surface area contributed by atoms with Crippen LogP contribution in [0.25, 0.3) is 0 Å². The maximum atomic E-state index is 12.0. The van der Waals surface area contributed by atoms with Crippen LogP contribution in [0, 0.1) is 5.92 Å². The second-order valence-electron chi connectivity index (χ2n) is 5.30. The van der Waals surface area contributed by atoms with Crippen molar-refractivity contribution in [3.8, 4) is 0 Å². The Morgan fingerprint density at radius 1 is 1.14 bits per heavy atom. The van der Waals surface area contributed by atoms with E-state index in [0.717, 1.165) is 0 Å². The van der Waals surface area contributed by atoms with Crippen LogP contribution >= 0.6 is 0 Å². The molecule has 0 radical (unpaired) electrons. The summed E-state index contributed by atoms with van der Waals surface area (Å²) in [5.74, 6) is 0.283. The second-order valence-corrected chi connectivity index (χ2v) is 5.30. The lowest BCUT2D eigenvalue weighted by Gasteiger charge is -2.19. The molecule has 0 unspecified atom stereocenters. The quantitative estimate of drug-likeness (QED) is 0.840. The molecule has 6 nitrogen and oxygen atoms in total. The van der Waals surface area contributed by atoms with Crippen LogP contribution in [-0.2, 0) is 4.74 Å². The minimum atomic E-state index is -0.499. The number of anilines is 2. The van der Waals surface area contributed by atoms with Crippen LogP contribution in [0.3, 0.4) is 0 Å². The zero-order valence-corrected chi connectivity index (χ0v) is 13.7. The number of carbonyl (C=O) groups is 2. The van der Waals surface area contributed by atoms with Crippen LogP contribution in [0.15, 0.2) is 24.3 Å². The molecule has 6 heteroatoms. The van der Waals surface area contributed by atoms with Gasteiger partial charge in [-0.05, 0) is 38.0 Å². The maximum absolute atomic E-state index is 12.0. The summed E-state index contributed by atoms with van der Waals surface area (Å²) in [5.41, 5.74) is 1.20. The van der Waals surface area contributed by atoms with E-state index in [1.807, 2.05) is 27.7 Å². The van der Waals surface area contributed by atoms with E-state index in [4.69, 9.17) is 4.74 Å². The molecule has 0 heterocycles. The van der Waals surface area contributed by atoms with E-state index in [1.54, 1.807) is 29.2 Å². The highest BCUT2D eigenvalue weighted by atomic mass is 16.5. The fourth-order valence-corrected chi connectivity index (χ4v) is 1.78. The van der Waals surface area contributed by atoms with Crippen molar-refractivity contribution in [2.24, 2.45) is 5.92 Å². The normalized spacial score (nSPS) is 10.2. The van der Waals surface area contributed by atoms with Crippen molar-refractivity contribution in [1.82, 2.24) is 4.90 Å². The first-order valence-electron chi connectivity index (χ1n) is 7.56. The second kappa shape index (κ2) is 8.92. The molecule has 1 aromatic carbocycles. The fraction of sp³-hybridized carbons (Fsp3) is 0.500. The Labute approximate surface area is 131 Å². The van der Waals surface area contributed by atoms with Gasteiger partial charge < -0.3 is 15.0 Å². The summed E-state index contributed by atoms with van der Waals surface area (Å²) in [5, 5.41) is 5.44. The van der Waals surface area contributed by atoms with Crippen molar-refractivity contribution in [3.05, 3.63) is 24.3 Å². The molecule has 0 atom stereocenters. The standard InChI is InChI=1S/C16H25N3O3/c1-5-19(6-2)15(20)17-13-8-7-9-14(10-13)18-16(21)22-11-12(3)4/h7-10,12H,5-6,11H2,1-4H3,(H,17,20)(H,18,21). The summed E-state index contributed by atoms with van der Waals surface area (Å²) >= 11 is 0. The highest BCUT2D eigenvalue weighted by Crippen LogP contribution is 2.16. The van der Waals surface area contributed by atoms with Gasteiger partial charge in [-0.2, -0.15) is 0 Å². The number of hydrogen-bond acceptors (Lipinski definition) is 3. The van der Waals surface area contributed by atoms with E-state index < -0.39 is 6.09 Å². The van der Waals surface area contributed by atoms with Gasteiger partial charge in [0.25, 0.3) is 0 Å². The molecule has 0 saturated heterocycles. The van der Waals surface area contributed by atoms with E-state index in [9.17, 15) is 9.59 Å². The Balaban J connectivity index is 2.62. The van der Waals surface area contributed by atoms with Crippen molar-refractivity contribution in [1.29, 1.82) is 0 Å². The molecule has 0 bridgehead atoms. The SMILES string of the molecule is CCN(CC)C(=O)Nc1cccc(NC(=O)OCC(C)C)c1. The van der Waals surface area contributed by atoms with E-state index in [1.165, 1.54) is 0 Å². The largest absolute Gasteiger partial charge is 0.449 e. The van der Waals surface area contributed by atoms with Gasteiger partial charge in [0.15, 0.2) is 0 Å². The lowest BCUT2D eigenvalue weighted by molar-refractivity contribution is 0.147. The van der Waals surface area contributed by atoms with Gasteiger partial charge in [-0.3, -0.25) is 5.32 Å². The highest BCUT2D eigenvalue weighted by Gasteiger charge is 2.10. The highest BCUT2D eigenvalue weighted by molar-refractivity contribution is 5.91. The molecule has 2 N–H and O–H groups in total. The number of nitrogens with zero attached hydrogens (tertiary/aromatic N) is 1. The molecule has 1 aromatic rings. The Bertz CT molecular complexity index is 499. The van der Waals surface area contributed by atoms with Crippen LogP contribution in [-0.4, -0.2) is 36.7 Å². The van der Waals surface area contributed by atoms with Crippen molar-refractivity contribution < 1.29 is 14.3 Å². The molecule has 0 aliphatic carbocycles. The number of nitrogens with one attached hydrogen (secondary N) is 2. The van der Waals surface area contributed by atoms with Crippen LogP contribution in [0.4, 0.5) is 21.0 Å². The molecule has 122 valence electrons. The number of benzene rings is 1. The number of hydrogen-bond donors (Lipinski definition) is 2. The van der Waals surface area contributed by atoms with E-state index >= 15 is 0 Å². The smallest absolute Gasteiger partial charge is 0.411 e. The molecule has 0 aromatic heterocycles. The number of amides is 3. The molecule has 22 heavy (non-hydrogen) atoms. The Kier molecular flexibility index (Phi) is 7.22. The van der Waals surface area contributed by atoms with Crippen molar-refractivity contribution >= 4 is 23.5 Å². The predicted octanol–water partition coefficient (Wildman–Crippen LogP) is 3.76. The van der Waals surface area contributed by atoms with Gasteiger partial charge in [0, 0.05) is 24.5 Å². The molecule has 0 aliphatic rings. The average molecular weight is 307 g/mol. The first-order valence-corrected chi connectivity index (χ1v) is 7.56. The summed E-state index contributed by atoms with van der Waals surface area (Å²) in [7, 11) is 0. The van der Waals surface area contributed by atoms with E-state index in [2.05, 4.69) is 10.6 Å². The van der Waals surface area contributed by atoms with Crippen molar-refractivity contribution in [2.75, 3.05) is 30.3 Å². The summed E-state index contributed by atoms with van der Waals surface area (Å²) in [6.45, 7) is 9.43. The third-order valence-corrected chi connectivity index (χ3v) is 2.96. The van der Waals surface area contributed by atoms with Gasteiger partial charge >= 0.3 is 12.1 Å². The molecule has 1 rings (SSSR count). The van der Waals surface area contributed by atoms with Gasteiger partial charge in [-0.25, -0.2) is 9.59 Å². The van der Waals surface area contributed by atoms with Gasteiger partial charge in [0.2, 0.25) is 0 Å². The minimum Gasteiger partial charge on any atom is -0.449 e. The average Bonchev–Trinajstić information content (AvgIpc) is 2.46. The lowest BCUT2D eigenvalue weighted by Crippen LogP contribution is -2.34. The minimum absolute atomic E-state index is 0.162. The lowest BCUT2D eigenvalue weighted by atomic mass is 10.2. The molecular formula is C16H25N3O3. The topological polar surface area (TPSA) is 70.7 Å². The monoisotopic (exact) mass is 307 g/mol. The first-order chi connectivity index (χ1) is 10.5. The van der Waals surface area contributed by atoms with Crippen LogP contribution < -0.4 is 10.6 Å². The van der Waals surface area contributed by atoms with Gasteiger partial charge in [0.1, 0.15) is 0 Å². The first kappa shape index (κ1) is 17.8. The number of urea groups is 1. The van der Waals surface area contributed by atoms with Crippen LogP contribution in [0.1, 0.15) is 27.7 Å². The number of ether oxygens (including phenoxy) is 1. The van der Waals surface area contributed by atoms with Crippen LogP contribution in [0.2, 0.25) is 0 Å². The predicted molar refractivity (Wildman–Crippen MR) is 88.2 cm³/mol. The van der Waals surface area contributed by atoms with E-state index in [-0.39, 0.29) is 11.9 Å². The van der Waals surface area contributed by atoms with E-state index in [0.29, 0.717) is 31.1 Å². The third-order valence-electron chi connectivity index (χ3n) is 2.96. The van der Waals surface area contributed by atoms with Gasteiger partial charge in [-0.15, -0.1) is 0 Å².